The number of nitrogens with zero attached hydrogens (tertiary/aromatic N) is 1. The molecule has 0 atom stereocenters. The number of hydrogen-bond donors (Lipinski definition) is 1. The quantitative estimate of drug-likeness (QED) is 0.845. The number of anilines is 1. The Morgan fingerprint density at radius 2 is 1.84 bits per heavy atom. The molecule has 0 aliphatic carbocycles. The number of halogens is 2. The predicted molar refractivity (Wildman–Crippen MR) is 80.3 cm³/mol. The Hall–Kier alpha value is -1.22. The molecule has 0 spiro atoms. The molecule has 98 valence electrons. The molecule has 1 aliphatic rings. The number of nitrogen functional groups attached to an aromatic ring is 1. The standard InChI is InChI=1S/C15H14Cl2N2/c16-13-5-1-4-11(15(13)17)8-19-7-10-3-2-6-14(18)12(10)9-19/h1-6H,7-9,18H2. The second kappa shape index (κ2) is 5.04. The van der Waals surface area contributed by atoms with Crippen molar-refractivity contribution in [2.45, 2.75) is 19.6 Å². The van der Waals surface area contributed by atoms with E-state index in [-0.39, 0.29) is 0 Å². The molecule has 0 radical (unpaired) electrons. The molecule has 3 rings (SSSR count). The Morgan fingerprint density at radius 3 is 2.63 bits per heavy atom. The van der Waals surface area contributed by atoms with E-state index in [1.54, 1.807) is 0 Å². The molecular weight excluding hydrogens is 279 g/mol. The van der Waals surface area contributed by atoms with Gasteiger partial charge < -0.3 is 5.73 Å². The minimum atomic E-state index is 0.607. The van der Waals surface area contributed by atoms with Crippen molar-refractivity contribution in [2.24, 2.45) is 0 Å². The maximum absolute atomic E-state index is 6.23. The fourth-order valence-electron chi connectivity index (χ4n) is 2.54. The Bertz CT molecular complexity index is 626. The van der Waals surface area contributed by atoms with Crippen molar-refractivity contribution in [3.63, 3.8) is 0 Å². The number of rotatable bonds is 2. The van der Waals surface area contributed by atoms with E-state index >= 15 is 0 Å². The van der Waals surface area contributed by atoms with Gasteiger partial charge in [-0.3, -0.25) is 4.90 Å². The molecule has 0 saturated carbocycles. The van der Waals surface area contributed by atoms with E-state index < -0.39 is 0 Å². The van der Waals surface area contributed by atoms with Crippen molar-refractivity contribution in [3.8, 4) is 0 Å². The SMILES string of the molecule is Nc1cccc2c1CN(Cc1cccc(Cl)c1Cl)C2. The van der Waals surface area contributed by atoms with Crippen LogP contribution in [0.1, 0.15) is 16.7 Å². The van der Waals surface area contributed by atoms with Crippen LogP contribution >= 0.6 is 23.2 Å². The zero-order valence-corrected chi connectivity index (χ0v) is 11.9. The third-order valence-electron chi connectivity index (χ3n) is 3.51. The molecule has 2 N–H and O–H groups in total. The van der Waals surface area contributed by atoms with E-state index in [1.165, 1.54) is 11.1 Å². The highest BCUT2D eigenvalue weighted by atomic mass is 35.5. The van der Waals surface area contributed by atoms with E-state index in [1.807, 2.05) is 30.3 Å². The molecule has 0 bridgehead atoms. The smallest absolute Gasteiger partial charge is 0.0637 e. The van der Waals surface area contributed by atoms with Crippen LogP contribution in [0.15, 0.2) is 36.4 Å². The van der Waals surface area contributed by atoms with Crippen molar-refractivity contribution >= 4 is 28.9 Å². The first-order valence-electron chi connectivity index (χ1n) is 6.16. The minimum Gasteiger partial charge on any atom is -0.398 e. The molecule has 0 fully saturated rings. The summed E-state index contributed by atoms with van der Waals surface area (Å²) in [6.45, 7) is 2.56. The van der Waals surface area contributed by atoms with Crippen LogP contribution in [0, 0.1) is 0 Å². The lowest BCUT2D eigenvalue weighted by atomic mass is 10.1. The van der Waals surface area contributed by atoms with Gasteiger partial charge in [-0.05, 0) is 28.8 Å². The lowest BCUT2D eigenvalue weighted by Gasteiger charge is -2.16. The molecule has 0 unspecified atom stereocenters. The van der Waals surface area contributed by atoms with E-state index in [2.05, 4.69) is 11.0 Å². The van der Waals surface area contributed by atoms with Crippen molar-refractivity contribution in [1.29, 1.82) is 0 Å². The average molecular weight is 293 g/mol. The topological polar surface area (TPSA) is 29.3 Å². The Balaban J connectivity index is 1.81. The first kappa shape index (κ1) is 12.8. The third-order valence-corrected chi connectivity index (χ3v) is 4.37. The van der Waals surface area contributed by atoms with Gasteiger partial charge in [0.15, 0.2) is 0 Å². The maximum atomic E-state index is 6.23. The normalized spacial score (nSPS) is 14.6. The van der Waals surface area contributed by atoms with Crippen LogP contribution in [0.2, 0.25) is 10.0 Å². The van der Waals surface area contributed by atoms with Crippen molar-refractivity contribution in [1.82, 2.24) is 4.90 Å². The number of fused-ring (bicyclic) bond motifs is 1. The third kappa shape index (κ3) is 2.44. The van der Waals surface area contributed by atoms with Crippen LogP contribution in [0.5, 0.6) is 0 Å². The molecule has 1 aliphatic heterocycles. The van der Waals surface area contributed by atoms with Gasteiger partial charge in [0.1, 0.15) is 0 Å². The van der Waals surface area contributed by atoms with Crippen LogP contribution in [0.3, 0.4) is 0 Å². The van der Waals surface area contributed by atoms with Gasteiger partial charge in [0.05, 0.1) is 10.0 Å². The first-order valence-corrected chi connectivity index (χ1v) is 6.92. The summed E-state index contributed by atoms with van der Waals surface area (Å²) in [7, 11) is 0. The van der Waals surface area contributed by atoms with Crippen LogP contribution < -0.4 is 5.73 Å². The largest absolute Gasteiger partial charge is 0.398 e. The zero-order chi connectivity index (χ0) is 13.4. The van der Waals surface area contributed by atoms with Crippen molar-refractivity contribution in [2.75, 3.05) is 5.73 Å². The van der Waals surface area contributed by atoms with Crippen LogP contribution in [-0.4, -0.2) is 4.90 Å². The molecule has 19 heavy (non-hydrogen) atoms. The van der Waals surface area contributed by atoms with Gasteiger partial charge >= 0.3 is 0 Å². The second-order valence-electron chi connectivity index (χ2n) is 4.84. The summed E-state index contributed by atoms with van der Waals surface area (Å²) in [6, 6.07) is 11.8. The lowest BCUT2D eigenvalue weighted by molar-refractivity contribution is 0.276. The van der Waals surface area contributed by atoms with E-state index in [0.29, 0.717) is 10.0 Å². The fraction of sp³-hybridized carbons (Fsp3) is 0.200. The first-order chi connectivity index (χ1) is 9.15. The molecular formula is C15H14Cl2N2. The van der Waals surface area contributed by atoms with E-state index in [9.17, 15) is 0 Å². The van der Waals surface area contributed by atoms with Gasteiger partial charge in [0.25, 0.3) is 0 Å². The summed E-state index contributed by atoms with van der Waals surface area (Å²) in [6.07, 6.45) is 0. The summed E-state index contributed by atoms with van der Waals surface area (Å²) < 4.78 is 0. The average Bonchev–Trinajstić information content (AvgIpc) is 2.79. The van der Waals surface area contributed by atoms with Crippen LogP contribution in [-0.2, 0) is 19.6 Å². The lowest BCUT2D eigenvalue weighted by Crippen LogP contribution is -2.16. The maximum Gasteiger partial charge on any atom is 0.0637 e. The van der Waals surface area contributed by atoms with Gasteiger partial charge in [-0.1, -0.05) is 47.5 Å². The number of nitrogens with two attached hydrogens (primary N) is 1. The summed E-state index contributed by atoms with van der Waals surface area (Å²) in [5, 5.41) is 1.25. The highest BCUT2D eigenvalue weighted by molar-refractivity contribution is 6.42. The predicted octanol–water partition coefficient (Wildman–Crippen LogP) is 4.09. The molecule has 2 nitrogen and oxygen atoms in total. The molecule has 2 aromatic rings. The monoisotopic (exact) mass is 292 g/mol. The Labute approximate surface area is 122 Å². The number of benzene rings is 2. The van der Waals surface area contributed by atoms with Gasteiger partial charge in [0, 0.05) is 25.3 Å². The zero-order valence-electron chi connectivity index (χ0n) is 10.4. The fourth-order valence-corrected chi connectivity index (χ4v) is 2.92. The van der Waals surface area contributed by atoms with Crippen LogP contribution in [0.25, 0.3) is 0 Å². The number of hydrogen-bond acceptors (Lipinski definition) is 2. The van der Waals surface area contributed by atoms with Crippen molar-refractivity contribution in [3.05, 3.63) is 63.1 Å². The minimum absolute atomic E-state index is 0.607. The summed E-state index contributed by atoms with van der Waals surface area (Å²) in [4.78, 5) is 2.32. The highest BCUT2D eigenvalue weighted by Gasteiger charge is 2.21. The second-order valence-corrected chi connectivity index (χ2v) is 5.63. The van der Waals surface area contributed by atoms with Crippen LogP contribution in [0.4, 0.5) is 5.69 Å². The van der Waals surface area contributed by atoms with Gasteiger partial charge in [-0.15, -0.1) is 0 Å². The molecule has 0 amide bonds. The Kier molecular flexibility index (Phi) is 3.40. The van der Waals surface area contributed by atoms with Gasteiger partial charge in [0.2, 0.25) is 0 Å². The summed E-state index contributed by atoms with van der Waals surface area (Å²) in [5.41, 5.74) is 10.5. The van der Waals surface area contributed by atoms with E-state index in [4.69, 9.17) is 28.9 Å². The molecule has 1 heterocycles. The van der Waals surface area contributed by atoms with Crippen molar-refractivity contribution < 1.29 is 0 Å². The van der Waals surface area contributed by atoms with Gasteiger partial charge in [-0.25, -0.2) is 0 Å². The molecule has 2 aromatic carbocycles. The summed E-state index contributed by atoms with van der Waals surface area (Å²) in [5.74, 6) is 0. The summed E-state index contributed by atoms with van der Waals surface area (Å²) >= 11 is 12.3. The molecule has 0 saturated heterocycles. The molecule has 4 heteroatoms. The highest BCUT2D eigenvalue weighted by Crippen LogP contribution is 2.31. The van der Waals surface area contributed by atoms with Gasteiger partial charge in [-0.2, -0.15) is 0 Å². The molecule has 0 aromatic heterocycles. The Morgan fingerprint density at radius 1 is 1.05 bits per heavy atom. The van der Waals surface area contributed by atoms with E-state index in [0.717, 1.165) is 30.9 Å².